The summed E-state index contributed by atoms with van der Waals surface area (Å²) < 4.78 is 15.9. The first-order valence-electron chi connectivity index (χ1n) is 10.2. The van der Waals surface area contributed by atoms with Gasteiger partial charge in [0, 0.05) is 39.5 Å². The lowest BCUT2D eigenvalue weighted by Crippen LogP contribution is -2.18. The molecule has 0 aliphatic carbocycles. The smallest absolute Gasteiger partial charge is 0.304 e. The van der Waals surface area contributed by atoms with Gasteiger partial charge in [0.2, 0.25) is 0 Å². The monoisotopic (exact) mass is 446 g/mol. The Bertz CT molecular complexity index is 1110. The molecule has 3 heterocycles. The molecule has 1 unspecified atom stereocenters. The molecule has 2 aromatic heterocycles. The van der Waals surface area contributed by atoms with Gasteiger partial charge in [0.15, 0.2) is 0 Å². The number of benzene rings is 1. The van der Waals surface area contributed by atoms with E-state index >= 15 is 0 Å². The fourth-order valence-corrected chi connectivity index (χ4v) is 5.85. The second kappa shape index (κ2) is 8.60. The Hall–Kier alpha value is -2.05. The van der Waals surface area contributed by atoms with Gasteiger partial charge in [-0.05, 0) is 49.4 Å². The molecule has 1 aromatic carbocycles. The number of hydrogen-bond acceptors (Lipinski definition) is 3. The number of pyridine rings is 1. The van der Waals surface area contributed by atoms with Gasteiger partial charge >= 0.3 is 5.97 Å². The minimum Gasteiger partial charge on any atom is -0.481 e. The van der Waals surface area contributed by atoms with Crippen LogP contribution in [0.2, 0.25) is 5.02 Å². The summed E-state index contributed by atoms with van der Waals surface area (Å²) >= 11 is 7.84. The highest BCUT2D eigenvalue weighted by Crippen LogP contribution is 2.47. The van der Waals surface area contributed by atoms with Crippen LogP contribution in [0.15, 0.2) is 40.3 Å². The zero-order valence-corrected chi connectivity index (χ0v) is 18.6. The maximum absolute atomic E-state index is 13.6. The molecule has 1 atom stereocenters. The molecule has 30 heavy (non-hydrogen) atoms. The summed E-state index contributed by atoms with van der Waals surface area (Å²) in [5.74, 6) is -0.812. The average Bonchev–Trinajstić information content (AvgIpc) is 2.99. The Balaban J connectivity index is 1.95. The molecule has 7 heteroatoms. The predicted octanol–water partition coefficient (Wildman–Crippen LogP) is 6.53. The Morgan fingerprint density at radius 1 is 1.40 bits per heavy atom. The van der Waals surface area contributed by atoms with Gasteiger partial charge in [0.25, 0.3) is 0 Å². The van der Waals surface area contributed by atoms with E-state index in [1.165, 1.54) is 23.9 Å². The largest absolute Gasteiger partial charge is 0.481 e. The number of fused-ring (bicyclic) bond motifs is 3. The number of aryl methyl sites for hydroxylation is 1. The van der Waals surface area contributed by atoms with Crippen LogP contribution in [0.25, 0.3) is 10.9 Å². The SMILES string of the molecule is CC(C)Cc1nccc2c1c(Sc1ccc(F)cc1Cl)c1n2CCCC1CC(=O)O. The lowest BCUT2D eigenvalue weighted by molar-refractivity contribution is -0.137. The number of nitrogens with zero attached hydrogens (tertiary/aromatic N) is 2. The number of aliphatic carboxylic acids is 1. The standard InChI is InChI=1S/C23H24ClFN2O2S/c1-13(2)10-17-21-18(7-8-26-17)27-9-3-4-14(11-20(28)29)22(27)23(21)30-19-6-5-15(25)12-16(19)24/h5-8,12-14H,3-4,9-11H2,1-2H3,(H,28,29). The second-order valence-corrected chi connectivity index (χ2v) is 9.69. The summed E-state index contributed by atoms with van der Waals surface area (Å²) in [6, 6.07) is 6.42. The second-order valence-electron chi connectivity index (χ2n) is 8.23. The zero-order valence-electron chi connectivity index (χ0n) is 17.0. The first-order chi connectivity index (χ1) is 14.3. The first-order valence-corrected chi connectivity index (χ1v) is 11.4. The van der Waals surface area contributed by atoms with Crippen LogP contribution in [-0.2, 0) is 17.8 Å². The van der Waals surface area contributed by atoms with Gasteiger partial charge in [0.1, 0.15) is 5.82 Å². The molecular weight excluding hydrogens is 423 g/mol. The molecule has 1 aliphatic heterocycles. The van der Waals surface area contributed by atoms with E-state index in [1.54, 1.807) is 6.07 Å². The third kappa shape index (κ3) is 4.08. The number of carboxylic acids is 1. The van der Waals surface area contributed by atoms with E-state index in [9.17, 15) is 14.3 Å². The van der Waals surface area contributed by atoms with Crippen LogP contribution in [0.4, 0.5) is 4.39 Å². The van der Waals surface area contributed by atoms with Crippen LogP contribution in [0.1, 0.15) is 50.4 Å². The summed E-state index contributed by atoms with van der Waals surface area (Å²) in [6.45, 7) is 5.17. The van der Waals surface area contributed by atoms with Gasteiger partial charge in [-0.2, -0.15) is 0 Å². The predicted molar refractivity (Wildman–Crippen MR) is 118 cm³/mol. The molecule has 158 valence electrons. The van der Waals surface area contributed by atoms with Crippen molar-refractivity contribution >= 4 is 40.2 Å². The average molecular weight is 447 g/mol. The highest BCUT2D eigenvalue weighted by molar-refractivity contribution is 7.99. The van der Waals surface area contributed by atoms with E-state index in [1.807, 2.05) is 12.3 Å². The summed E-state index contributed by atoms with van der Waals surface area (Å²) in [6.07, 6.45) is 4.54. The van der Waals surface area contributed by atoms with Crippen molar-refractivity contribution in [2.24, 2.45) is 5.92 Å². The Morgan fingerprint density at radius 2 is 2.20 bits per heavy atom. The molecule has 0 spiro atoms. The molecule has 1 N–H and O–H groups in total. The van der Waals surface area contributed by atoms with Crippen LogP contribution in [-0.4, -0.2) is 20.6 Å². The normalized spacial score (nSPS) is 16.2. The Labute approximate surface area is 184 Å². The van der Waals surface area contributed by atoms with Crippen LogP contribution >= 0.6 is 23.4 Å². The lowest BCUT2D eigenvalue weighted by Gasteiger charge is -2.25. The van der Waals surface area contributed by atoms with Crippen molar-refractivity contribution in [1.29, 1.82) is 0 Å². The van der Waals surface area contributed by atoms with Gasteiger partial charge in [0.05, 0.1) is 22.7 Å². The van der Waals surface area contributed by atoms with E-state index in [2.05, 4.69) is 23.4 Å². The van der Waals surface area contributed by atoms with E-state index in [0.717, 1.165) is 57.9 Å². The molecule has 3 aromatic rings. The number of rotatable bonds is 6. The van der Waals surface area contributed by atoms with E-state index in [4.69, 9.17) is 11.6 Å². The molecule has 0 amide bonds. The maximum Gasteiger partial charge on any atom is 0.304 e. The van der Waals surface area contributed by atoms with Crippen molar-refractivity contribution in [2.75, 3.05) is 0 Å². The lowest BCUT2D eigenvalue weighted by atomic mass is 9.92. The van der Waals surface area contributed by atoms with Crippen LogP contribution < -0.4 is 0 Å². The summed E-state index contributed by atoms with van der Waals surface area (Å²) in [7, 11) is 0. The van der Waals surface area contributed by atoms with Gasteiger partial charge in [-0.15, -0.1) is 0 Å². The van der Waals surface area contributed by atoms with Gasteiger partial charge in [-0.3, -0.25) is 9.78 Å². The Kier molecular flexibility index (Phi) is 6.07. The fraction of sp³-hybridized carbons (Fsp3) is 0.391. The third-order valence-electron chi connectivity index (χ3n) is 5.50. The topological polar surface area (TPSA) is 55.1 Å². The Morgan fingerprint density at radius 3 is 2.90 bits per heavy atom. The summed E-state index contributed by atoms with van der Waals surface area (Å²) in [4.78, 5) is 18.0. The molecule has 1 aliphatic rings. The first kappa shape index (κ1) is 21.2. The molecule has 0 saturated carbocycles. The summed E-state index contributed by atoms with van der Waals surface area (Å²) in [5, 5.41) is 10.9. The number of aromatic nitrogens is 2. The highest BCUT2D eigenvalue weighted by atomic mass is 35.5. The molecule has 0 bridgehead atoms. The number of carboxylic acid groups (broad SMARTS) is 1. The minimum absolute atomic E-state index is 0.0720. The van der Waals surface area contributed by atoms with Crippen LogP contribution in [0.5, 0.6) is 0 Å². The van der Waals surface area contributed by atoms with Crippen molar-refractivity contribution in [3.63, 3.8) is 0 Å². The highest BCUT2D eigenvalue weighted by Gasteiger charge is 2.31. The van der Waals surface area contributed by atoms with Gasteiger partial charge in [-0.1, -0.05) is 37.2 Å². The van der Waals surface area contributed by atoms with Crippen LogP contribution in [0.3, 0.4) is 0 Å². The number of hydrogen-bond donors (Lipinski definition) is 1. The fourth-order valence-electron chi connectivity index (χ4n) is 4.35. The van der Waals surface area contributed by atoms with Crippen molar-refractivity contribution in [1.82, 2.24) is 9.55 Å². The van der Waals surface area contributed by atoms with E-state index in [0.29, 0.717) is 10.9 Å². The number of halogens is 2. The molecule has 0 fully saturated rings. The van der Waals surface area contributed by atoms with Gasteiger partial charge in [-0.25, -0.2) is 4.39 Å². The van der Waals surface area contributed by atoms with Crippen molar-refractivity contribution in [2.45, 2.75) is 61.8 Å². The summed E-state index contributed by atoms with van der Waals surface area (Å²) in [5.41, 5.74) is 3.15. The van der Waals surface area contributed by atoms with Crippen molar-refractivity contribution in [3.8, 4) is 0 Å². The maximum atomic E-state index is 13.6. The minimum atomic E-state index is -0.796. The molecule has 4 nitrogen and oxygen atoms in total. The molecule has 0 saturated heterocycles. The third-order valence-corrected chi connectivity index (χ3v) is 7.12. The van der Waals surface area contributed by atoms with E-state index < -0.39 is 5.97 Å². The molecule has 0 radical (unpaired) electrons. The van der Waals surface area contributed by atoms with Gasteiger partial charge < -0.3 is 9.67 Å². The molecular formula is C23H24ClFN2O2S. The van der Waals surface area contributed by atoms with Crippen molar-refractivity contribution < 1.29 is 14.3 Å². The zero-order chi connectivity index (χ0) is 21.4. The van der Waals surface area contributed by atoms with E-state index in [-0.39, 0.29) is 18.2 Å². The van der Waals surface area contributed by atoms with Crippen LogP contribution in [0, 0.1) is 11.7 Å². The molecule has 4 rings (SSSR count). The van der Waals surface area contributed by atoms with Crippen molar-refractivity contribution in [3.05, 3.63) is 52.7 Å². The number of carbonyl (C=O) groups is 1. The quantitative estimate of drug-likeness (QED) is 0.467.